The zero-order chi connectivity index (χ0) is 25.2. The SMILES string of the molecule is O=C(NCc1cn(-c2ccccc2)nc1-c1ccccc1)c1cc2nc(C(F)F)cc(C(F)F)n2n1. The van der Waals surface area contributed by atoms with Crippen LogP contribution in [0.3, 0.4) is 0 Å². The van der Waals surface area contributed by atoms with Crippen molar-refractivity contribution in [2.75, 3.05) is 0 Å². The number of carbonyl (C=O) groups excluding carboxylic acids is 1. The Labute approximate surface area is 202 Å². The van der Waals surface area contributed by atoms with E-state index in [2.05, 4.69) is 20.5 Å². The third-order valence-corrected chi connectivity index (χ3v) is 5.45. The molecule has 182 valence electrons. The molecule has 7 nitrogen and oxygen atoms in total. The minimum absolute atomic E-state index is 0.0567. The lowest BCUT2D eigenvalue weighted by atomic mass is 10.1. The lowest BCUT2D eigenvalue weighted by Crippen LogP contribution is -2.23. The molecule has 5 aromatic rings. The number of alkyl halides is 4. The second-order valence-corrected chi connectivity index (χ2v) is 7.84. The molecule has 0 aliphatic heterocycles. The van der Waals surface area contributed by atoms with E-state index in [9.17, 15) is 22.4 Å². The molecule has 0 spiro atoms. The Morgan fingerprint density at radius 1 is 0.889 bits per heavy atom. The topological polar surface area (TPSA) is 77.1 Å². The standard InChI is InChI=1S/C25H18F4N6O/c26-23(27)18-11-20(24(28)29)35-21(31-18)12-19(32-35)25(36)30-13-16-14-34(17-9-5-2-6-10-17)33-22(16)15-7-3-1-4-8-15/h1-12,14,23-24H,13H2,(H,30,36). The third-order valence-electron chi connectivity index (χ3n) is 5.45. The normalized spacial score (nSPS) is 11.5. The van der Waals surface area contributed by atoms with E-state index in [1.165, 1.54) is 0 Å². The first-order valence-corrected chi connectivity index (χ1v) is 10.8. The minimum Gasteiger partial charge on any atom is -0.346 e. The highest BCUT2D eigenvalue weighted by Gasteiger charge is 2.22. The summed E-state index contributed by atoms with van der Waals surface area (Å²) in [6.07, 6.45) is -4.34. The summed E-state index contributed by atoms with van der Waals surface area (Å²) in [5, 5.41) is 11.3. The van der Waals surface area contributed by atoms with E-state index in [1.807, 2.05) is 60.7 Å². The van der Waals surface area contributed by atoms with Gasteiger partial charge in [0.1, 0.15) is 11.4 Å². The molecule has 0 aliphatic rings. The summed E-state index contributed by atoms with van der Waals surface area (Å²) >= 11 is 0. The Balaban J connectivity index is 1.44. The van der Waals surface area contributed by atoms with Crippen LogP contribution in [0, 0.1) is 0 Å². The van der Waals surface area contributed by atoms with Crippen molar-refractivity contribution < 1.29 is 22.4 Å². The van der Waals surface area contributed by atoms with Crippen molar-refractivity contribution in [1.29, 1.82) is 0 Å². The number of aromatic nitrogens is 5. The number of para-hydroxylation sites is 1. The zero-order valence-corrected chi connectivity index (χ0v) is 18.5. The molecule has 0 bridgehead atoms. The quantitative estimate of drug-likeness (QED) is 0.308. The van der Waals surface area contributed by atoms with Crippen LogP contribution >= 0.6 is 0 Å². The van der Waals surface area contributed by atoms with Crippen molar-refractivity contribution in [2.24, 2.45) is 0 Å². The molecule has 0 atom stereocenters. The monoisotopic (exact) mass is 494 g/mol. The summed E-state index contributed by atoms with van der Waals surface area (Å²) in [6.45, 7) is 0.0567. The van der Waals surface area contributed by atoms with Crippen LogP contribution in [0.1, 0.15) is 40.3 Å². The first kappa shape index (κ1) is 23.2. The largest absolute Gasteiger partial charge is 0.346 e. The van der Waals surface area contributed by atoms with E-state index < -0.39 is 30.1 Å². The fourth-order valence-corrected chi connectivity index (χ4v) is 3.75. The van der Waals surface area contributed by atoms with Gasteiger partial charge in [-0.05, 0) is 18.2 Å². The number of nitrogens with one attached hydrogen (secondary N) is 1. The van der Waals surface area contributed by atoms with Crippen LogP contribution < -0.4 is 5.32 Å². The zero-order valence-electron chi connectivity index (χ0n) is 18.5. The number of hydrogen-bond acceptors (Lipinski definition) is 4. The maximum Gasteiger partial charge on any atom is 0.280 e. The molecule has 11 heteroatoms. The lowest BCUT2D eigenvalue weighted by molar-refractivity contribution is 0.0944. The predicted octanol–water partition coefficient (Wildman–Crippen LogP) is 5.39. The Bertz CT molecular complexity index is 1520. The van der Waals surface area contributed by atoms with Gasteiger partial charge in [-0.3, -0.25) is 4.79 Å². The predicted molar refractivity (Wildman–Crippen MR) is 123 cm³/mol. The maximum absolute atomic E-state index is 13.4. The molecular formula is C25H18F4N6O. The van der Waals surface area contributed by atoms with E-state index >= 15 is 0 Å². The van der Waals surface area contributed by atoms with Crippen LogP contribution in [-0.4, -0.2) is 30.3 Å². The van der Waals surface area contributed by atoms with Crippen molar-refractivity contribution >= 4 is 11.6 Å². The van der Waals surface area contributed by atoms with Crippen LogP contribution in [-0.2, 0) is 6.54 Å². The van der Waals surface area contributed by atoms with Gasteiger partial charge in [-0.2, -0.15) is 10.2 Å². The van der Waals surface area contributed by atoms with Crippen LogP contribution in [0.5, 0.6) is 0 Å². The molecule has 2 aromatic carbocycles. The first-order valence-electron chi connectivity index (χ1n) is 10.8. The van der Waals surface area contributed by atoms with Crippen molar-refractivity contribution in [3.05, 3.63) is 102 Å². The number of fused-ring (bicyclic) bond motifs is 1. The molecule has 0 saturated heterocycles. The van der Waals surface area contributed by atoms with Crippen molar-refractivity contribution in [1.82, 2.24) is 29.7 Å². The van der Waals surface area contributed by atoms with Gasteiger partial charge in [0.25, 0.3) is 18.8 Å². The highest BCUT2D eigenvalue weighted by molar-refractivity contribution is 5.93. The van der Waals surface area contributed by atoms with E-state index in [0.29, 0.717) is 21.8 Å². The van der Waals surface area contributed by atoms with E-state index in [0.717, 1.165) is 17.3 Å². The van der Waals surface area contributed by atoms with Crippen LogP contribution in [0.2, 0.25) is 0 Å². The average molecular weight is 494 g/mol. The highest BCUT2D eigenvalue weighted by atomic mass is 19.3. The summed E-state index contributed by atoms with van der Waals surface area (Å²) < 4.78 is 55.4. The van der Waals surface area contributed by atoms with Crippen LogP contribution in [0.4, 0.5) is 17.6 Å². The summed E-state index contributed by atoms with van der Waals surface area (Å²) in [5.41, 5.74) is 0.937. The van der Waals surface area contributed by atoms with E-state index in [1.54, 1.807) is 10.9 Å². The summed E-state index contributed by atoms with van der Waals surface area (Å²) in [4.78, 5) is 16.5. The fraction of sp³-hybridized carbons (Fsp3) is 0.120. The smallest absolute Gasteiger partial charge is 0.280 e. The van der Waals surface area contributed by atoms with Crippen molar-refractivity contribution in [3.63, 3.8) is 0 Å². The average Bonchev–Trinajstić information content (AvgIpc) is 3.52. The Hall–Kier alpha value is -4.54. The number of amides is 1. The molecule has 0 radical (unpaired) electrons. The van der Waals surface area contributed by atoms with Gasteiger partial charge in [0.05, 0.1) is 11.4 Å². The summed E-state index contributed by atoms with van der Waals surface area (Å²) in [5.74, 6) is -0.675. The van der Waals surface area contributed by atoms with E-state index in [4.69, 9.17) is 0 Å². The lowest BCUT2D eigenvalue weighted by Gasteiger charge is -2.06. The first-order chi connectivity index (χ1) is 17.4. The maximum atomic E-state index is 13.4. The number of carbonyl (C=O) groups is 1. The number of halogens is 4. The molecule has 0 aliphatic carbocycles. The van der Waals surface area contributed by atoms with Gasteiger partial charge in [-0.15, -0.1) is 0 Å². The van der Waals surface area contributed by atoms with Gasteiger partial charge < -0.3 is 5.32 Å². The third kappa shape index (κ3) is 4.54. The summed E-state index contributed by atoms with van der Waals surface area (Å²) in [7, 11) is 0. The minimum atomic E-state index is -3.08. The fourth-order valence-electron chi connectivity index (χ4n) is 3.75. The Morgan fingerprint density at radius 3 is 2.25 bits per heavy atom. The molecule has 0 saturated carbocycles. The molecule has 5 rings (SSSR count). The number of hydrogen-bond donors (Lipinski definition) is 1. The molecule has 3 heterocycles. The Morgan fingerprint density at radius 2 is 1.58 bits per heavy atom. The summed E-state index contributed by atoms with van der Waals surface area (Å²) in [6, 6.07) is 20.5. The van der Waals surface area contributed by atoms with Crippen LogP contribution in [0.25, 0.3) is 22.6 Å². The van der Waals surface area contributed by atoms with Crippen LogP contribution in [0.15, 0.2) is 79.0 Å². The van der Waals surface area contributed by atoms with Crippen molar-refractivity contribution in [2.45, 2.75) is 19.4 Å². The van der Waals surface area contributed by atoms with Gasteiger partial charge in [-0.25, -0.2) is 31.7 Å². The number of nitrogens with zero attached hydrogens (tertiary/aromatic N) is 5. The number of rotatable bonds is 7. The molecule has 0 fully saturated rings. The van der Waals surface area contributed by atoms with Gasteiger partial charge in [0.15, 0.2) is 11.3 Å². The van der Waals surface area contributed by atoms with Gasteiger partial charge >= 0.3 is 0 Å². The van der Waals surface area contributed by atoms with Gasteiger partial charge in [0, 0.05) is 29.9 Å². The molecule has 0 unspecified atom stereocenters. The molecule has 1 N–H and O–H groups in total. The van der Waals surface area contributed by atoms with Gasteiger partial charge in [-0.1, -0.05) is 48.5 Å². The van der Waals surface area contributed by atoms with E-state index in [-0.39, 0.29) is 17.9 Å². The molecular weight excluding hydrogens is 476 g/mol. The van der Waals surface area contributed by atoms with Crippen molar-refractivity contribution in [3.8, 4) is 16.9 Å². The molecule has 3 aromatic heterocycles. The van der Waals surface area contributed by atoms with Gasteiger partial charge in [0.2, 0.25) is 0 Å². The molecule has 1 amide bonds. The number of benzene rings is 2. The highest BCUT2D eigenvalue weighted by Crippen LogP contribution is 2.26. The second kappa shape index (κ2) is 9.61. The Kier molecular flexibility index (Phi) is 6.19. The second-order valence-electron chi connectivity index (χ2n) is 7.84. The molecule has 36 heavy (non-hydrogen) atoms.